The number of carbonyl (C=O) groups is 2. The first-order valence-corrected chi connectivity index (χ1v) is 8.65. The standard InChI is InChI=1S/C18H21N5O3/c1-26-12-4-2-11(3-5-12)17-21-13-6-7-23(10-15(13)22-17)18(25)14-8-19-9-16(24)20-14/h2-5,14,19H,6-10H2,1H3,(H,20,24)(H,21,22)/t14-/m1/s1. The summed E-state index contributed by atoms with van der Waals surface area (Å²) in [5.74, 6) is 1.39. The summed E-state index contributed by atoms with van der Waals surface area (Å²) in [7, 11) is 1.64. The summed E-state index contributed by atoms with van der Waals surface area (Å²) in [5, 5.41) is 5.72. The molecule has 2 aromatic rings. The van der Waals surface area contributed by atoms with Crippen molar-refractivity contribution < 1.29 is 14.3 Å². The zero-order valence-corrected chi connectivity index (χ0v) is 14.5. The molecule has 0 bridgehead atoms. The van der Waals surface area contributed by atoms with Crippen molar-refractivity contribution in [1.29, 1.82) is 0 Å². The van der Waals surface area contributed by atoms with Crippen LogP contribution >= 0.6 is 0 Å². The average Bonchev–Trinajstić information content (AvgIpc) is 3.10. The zero-order chi connectivity index (χ0) is 18.1. The van der Waals surface area contributed by atoms with Gasteiger partial charge >= 0.3 is 0 Å². The molecule has 3 heterocycles. The number of aromatic nitrogens is 2. The molecule has 26 heavy (non-hydrogen) atoms. The normalized spacial score (nSPS) is 19.7. The second-order valence-electron chi connectivity index (χ2n) is 6.50. The fourth-order valence-corrected chi connectivity index (χ4v) is 3.36. The third-order valence-corrected chi connectivity index (χ3v) is 4.77. The second-order valence-corrected chi connectivity index (χ2v) is 6.50. The Labute approximate surface area is 150 Å². The van der Waals surface area contributed by atoms with Crippen LogP contribution in [0.1, 0.15) is 11.4 Å². The average molecular weight is 355 g/mol. The van der Waals surface area contributed by atoms with E-state index in [2.05, 4.69) is 20.6 Å². The smallest absolute Gasteiger partial charge is 0.246 e. The molecule has 3 N–H and O–H groups in total. The number of imidazole rings is 1. The van der Waals surface area contributed by atoms with E-state index < -0.39 is 6.04 Å². The number of hydrogen-bond acceptors (Lipinski definition) is 5. The van der Waals surface area contributed by atoms with Gasteiger partial charge in [-0.3, -0.25) is 9.59 Å². The van der Waals surface area contributed by atoms with E-state index >= 15 is 0 Å². The van der Waals surface area contributed by atoms with Gasteiger partial charge in [0.1, 0.15) is 17.6 Å². The highest BCUT2D eigenvalue weighted by molar-refractivity contribution is 5.89. The summed E-state index contributed by atoms with van der Waals surface area (Å²) in [6.07, 6.45) is 0.696. The van der Waals surface area contributed by atoms with Crippen LogP contribution in [0.15, 0.2) is 24.3 Å². The maximum absolute atomic E-state index is 12.7. The van der Waals surface area contributed by atoms with Crippen LogP contribution in [-0.4, -0.2) is 59.5 Å². The number of piperazine rings is 1. The van der Waals surface area contributed by atoms with Crippen LogP contribution in [0.5, 0.6) is 5.75 Å². The number of hydrogen-bond donors (Lipinski definition) is 3. The van der Waals surface area contributed by atoms with Crippen molar-refractivity contribution in [2.45, 2.75) is 19.0 Å². The highest BCUT2D eigenvalue weighted by Crippen LogP contribution is 2.24. The molecule has 0 radical (unpaired) electrons. The SMILES string of the molecule is COc1ccc(-c2nc3c([nH]2)CN(C(=O)[C@H]2CNCC(=O)N2)CC3)cc1. The number of benzene rings is 1. The Morgan fingerprint density at radius 3 is 2.85 bits per heavy atom. The lowest BCUT2D eigenvalue weighted by molar-refractivity contribution is -0.138. The molecule has 0 spiro atoms. The highest BCUT2D eigenvalue weighted by Gasteiger charge is 2.31. The number of nitrogens with zero attached hydrogens (tertiary/aromatic N) is 2. The van der Waals surface area contributed by atoms with E-state index in [-0.39, 0.29) is 18.4 Å². The molecule has 0 saturated carbocycles. The first-order chi connectivity index (χ1) is 12.6. The van der Waals surface area contributed by atoms with Crippen molar-refractivity contribution in [2.75, 3.05) is 26.7 Å². The molecule has 1 fully saturated rings. The summed E-state index contributed by atoms with van der Waals surface area (Å²) in [5.41, 5.74) is 2.91. The number of amides is 2. The number of carbonyl (C=O) groups excluding carboxylic acids is 2. The lowest BCUT2D eigenvalue weighted by Crippen LogP contribution is -2.59. The lowest BCUT2D eigenvalue weighted by atomic mass is 10.1. The van der Waals surface area contributed by atoms with Gasteiger partial charge < -0.3 is 25.3 Å². The lowest BCUT2D eigenvalue weighted by Gasteiger charge is -2.32. The van der Waals surface area contributed by atoms with E-state index in [0.29, 0.717) is 26.1 Å². The molecule has 2 aliphatic heterocycles. The van der Waals surface area contributed by atoms with E-state index in [0.717, 1.165) is 28.5 Å². The van der Waals surface area contributed by atoms with Crippen molar-refractivity contribution in [2.24, 2.45) is 0 Å². The van der Waals surface area contributed by atoms with Gasteiger partial charge in [0.15, 0.2) is 0 Å². The molecule has 4 rings (SSSR count). The Balaban J connectivity index is 1.49. The molecule has 8 heteroatoms. The van der Waals surface area contributed by atoms with Crippen LogP contribution in [0.4, 0.5) is 0 Å². The van der Waals surface area contributed by atoms with Gasteiger partial charge in [-0.15, -0.1) is 0 Å². The van der Waals surface area contributed by atoms with Gasteiger partial charge in [-0.1, -0.05) is 0 Å². The fourth-order valence-electron chi connectivity index (χ4n) is 3.36. The number of nitrogens with one attached hydrogen (secondary N) is 3. The third-order valence-electron chi connectivity index (χ3n) is 4.77. The van der Waals surface area contributed by atoms with E-state index in [1.165, 1.54) is 0 Å². The van der Waals surface area contributed by atoms with Gasteiger partial charge in [0.05, 0.1) is 31.6 Å². The molecule has 0 unspecified atom stereocenters. The summed E-state index contributed by atoms with van der Waals surface area (Å²) in [6.45, 7) is 1.81. The van der Waals surface area contributed by atoms with Crippen LogP contribution in [0, 0.1) is 0 Å². The zero-order valence-electron chi connectivity index (χ0n) is 14.5. The van der Waals surface area contributed by atoms with Crippen LogP contribution in [0.2, 0.25) is 0 Å². The second kappa shape index (κ2) is 6.80. The minimum absolute atomic E-state index is 0.0585. The number of ether oxygens (including phenoxy) is 1. The van der Waals surface area contributed by atoms with E-state index in [1.807, 2.05) is 24.3 Å². The Morgan fingerprint density at radius 2 is 2.12 bits per heavy atom. The molecule has 1 atom stereocenters. The van der Waals surface area contributed by atoms with Crippen molar-refractivity contribution >= 4 is 11.8 Å². The number of rotatable bonds is 3. The van der Waals surface area contributed by atoms with Gasteiger partial charge in [0.25, 0.3) is 0 Å². The Hall–Kier alpha value is -2.87. The van der Waals surface area contributed by atoms with Crippen LogP contribution in [-0.2, 0) is 22.6 Å². The molecule has 2 amide bonds. The predicted molar refractivity (Wildman–Crippen MR) is 94.5 cm³/mol. The van der Waals surface area contributed by atoms with Gasteiger partial charge in [-0.05, 0) is 24.3 Å². The van der Waals surface area contributed by atoms with Crippen molar-refractivity contribution in [3.63, 3.8) is 0 Å². The first kappa shape index (κ1) is 16.6. The summed E-state index contributed by atoms with van der Waals surface area (Å²) in [4.78, 5) is 34.0. The molecular formula is C18H21N5O3. The van der Waals surface area contributed by atoms with E-state index in [4.69, 9.17) is 4.74 Å². The molecule has 0 aliphatic carbocycles. The van der Waals surface area contributed by atoms with Gasteiger partial charge in [-0.25, -0.2) is 4.98 Å². The van der Waals surface area contributed by atoms with Gasteiger partial charge in [0.2, 0.25) is 11.8 Å². The van der Waals surface area contributed by atoms with Crippen LogP contribution < -0.4 is 15.4 Å². The largest absolute Gasteiger partial charge is 0.497 e. The van der Waals surface area contributed by atoms with Gasteiger partial charge in [0, 0.05) is 25.1 Å². The molecule has 1 saturated heterocycles. The molecule has 136 valence electrons. The van der Waals surface area contributed by atoms with Crippen molar-refractivity contribution in [3.05, 3.63) is 35.7 Å². The van der Waals surface area contributed by atoms with Crippen LogP contribution in [0.25, 0.3) is 11.4 Å². The predicted octanol–water partition coefficient (Wildman–Crippen LogP) is 0.0580. The van der Waals surface area contributed by atoms with E-state index in [1.54, 1.807) is 12.0 Å². The summed E-state index contributed by atoms with van der Waals surface area (Å²) >= 11 is 0. The quantitative estimate of drug-likeness (QED) is 0.723. The highest BCUT2D eigenvalue weighted by atomic mass is 16.5. The van der Waals surface area contributed by atoms with Crippen LogP contribution in [0.3, 0.4) is 0 Å². The number of H-pyrrole nitrogens is 1. The maximum atomic E-state index is 12.7. The number of fused-ring (bicyclic) bond motifs is 1. The molecular weight excluding hydrogens is 334 g/mol. The molecule has 1 aromatic carbocycles. The summed E-state index contributed by atoms with van der Waals surface area (Å²) in [6, 6.07) is 7.20. The Morgan fingerprint density at radius 1 is 1.31 bits per heavy atom. The fraction of sp³-hybridized carbons (Fsp3) is 0.389. The molecule has 8 nitrogen and oxygen atoms in total. The first-order valence-electron chi connectivity index (χ1n) is 8.65. The molecule has 1 aromatic heterocycles. The Bertz CT molecular complexity index is 830. The number of aromatic amines is 1. The summed E-state index contributed by atoms with van der Waals surface area (Å²) < 4.78 is 5.18. The third kappa shape index (κ3) is 3.15. The minimum Gasteiger partial charge on any atom is -0.497 e. The Kier molecular flexibility index (Phi) is 4.34. The topological polar surface area (TPSA) is 99.3 Å². The van der Waals surface area contributed by atoms with Crippen molar-refractivity contribution in [3.8, 4) is 17.1 Å². The minimum atomic E-state index is -0.498. The van der Waals surface area contributed by atoms with Crippen molar-refractivity contribution in [1.82, 2.24) is 25.5 Å². The number of methoxy groups -OCH3 is 1. The molecule has 2 aliphatic rings. The maximum Gasteiger partial charge on any atom is 0.246 e. The van der Waals surface area contributed by atoms with Gasteiger partial charge in [-0.2, -0.15) is 0 Å². The van der Waals surface area contributed by atoms with E-state index in [9.17, 15) is 9.59 Å². The monoisotopic (exact) mass is 355 g/mol.